The molecule has 19 heavy (non-hydrogen) atoms. The van der Waals surface area contributed by atoms with E-state index in [0.717, 1.165) is 0 Å². The van der Waals surface area contributed by atoms with Crippen LogP contribution in [0.3, 0.4) is 0 Å². The molecule has 1 aromatic rings. The van der Waals surface area contributed by atoms with Crippen molar-refractivity contribution in [2.75, 3.05) is 27.7 Å². The predicted molar refractivity (Wildman–Crippen MR) is 73.6 cm³/mol. The Morgan fingerprint density at radius 3 is 2.47 bits per heavy atom. The third-order valence-corrected chi connectivity index (χ3v) is 2.44. The van der Waals surface area contributed by atoms with Gasteiger partial charge in [-0.15, -0.1) is 0 Å². The van der Waals surface area contributed by atoms with Crippen LogP contribution >= 0.6 is 0 Å². The number of methoxy groups -OCH3 is 1. The van der Waals surface area contributed by atoms with Crippen LogP contribution in [-0.4, -0.2) is 56.7 Å². The molecular weight excluding hydrogens is 244 g/mol. The maximum absolute atomic E-state index is 11.8. The van der Waals surface area contributed by atoms with E-state index in [1.165, 1.54) is 13.3 Å². The fourth-order valence-electron chi connectivity index (χ4n) is 1.50. The zero-order valence-electron chi connectivity index (χ0n) is 11.4. The summed E-state index contributed by atoms with van der Waals surface area (Å²) in [6.45, 7) is 0.394. The third kappa shape index (κ3) is 5.01. The summed E-state index contributed by atoms with van der Waals surface area (Å²) in [6, 6.07) is 8.10. The van der Waals surface area contributed by atoms with Gasteiger partial charge < -0.3 is 9.64 Å². The lowest BCUT2D eigenvalue weighted by Gasteiger charge is -2.14. The molecule has 0 saturated carbocycles. The van der Waals surface area contributed by atoms with Gasteiger partial charge in [0.25, 0.3) is 0 Å². The molecule has 0 aliphatic heterocycles. The van der Waals surface area contributed by atoms with Gasteiger partial charge in [-0.2, -0.15) is 0 Å². The Bertz CT molecular complexity index is 455. The number of ketones is 1. The summed E-state index contributed by atoms with van der Waals surface area (Å²) < 4.78 is 4.66. The van der Waals surface area contributed by atoms with Crippen molar-refractivity contribution in [1.29, 1.82) is 0 Å². The van der Waals surface area contributed by atoms with Crippen LogP contribution in [0.2, 0.25) is 0 Å². The molecule has 0 aromatic heterocycles. The second-order valence-corrected chi connectivity index (χ2v) is 4.31. The van der Waals surface area contributed by atoms with Crippen molar-refractivity contribution in [3.05, 3.63) is 35.9 Å². The minimum Gasteiger partial charge on any atom is -0.467 e. The van der Waals surface area contributed by atoms with E-state index in [9.17, 15) is 9.59 Å². The number of esters is 1. The second-order valence-electron chi connectivity index (χ2n) is 4.31. The van der Waals surface area contributed by atoms with Crippen LogP contribution in [0.1, 0.15) is 10.4 Å². The lowest BCUT2D eigenvalue weighted by atomic mass is 10.1. The number of hydrogen-bond acceptors (Lipinski definition) is 5. The number of likely N-dealkylation sites (N-methyl/N-ethyl adjacent to an activating group) is 1. The fourth-order valence-corrected chi connectivity index (χ4v) is 1.50. The average Bonchev–Trinajstić information content (AvgIpc) is 2.42. The average molecular weight is 262 g/mol. The van der Waals surface area contributed by atoms with Crippen LogP contribution in [0.25, 0.3) is 0 Å². The van der Waals surface area contributed by atoms with E-state index in [0.29, 0.717) is 12.1 Å². The SMILES string of the molecule is COC(=O)C(CN(C)C)N=CC(=O)c1ccccc1. The van der Waals surface area contributed by atoms with E-state index in [1.807, 2.05) is 25.1 Å². The molecule has 0 fully saturated rings. The highest BCUT2D eigenvalue weighted by Gasteiger charge is 2.18. The van der Waals surface area contributed by atoms with E-state index in [-0.39, 0.29) is 5.78 Å². The molecule has 0 radical (unpaired) electrons. The molecule has 0 bridgehead atoms. The predicted octanol–water partition coefficient (Wildman–Crippen LogP) is 1.04. The van der Waals surface area contributed by atoms with Crippen LogP contribution in [0.4, 0.5) is 0 Å². The number of nitrogens with zero attached hydrogens (tertiary/aromatic N) is 2. The highest BCUT2D eigenvalue weighted by atomic mass is 16.5. The van der Waals surface area contributed by atoms with Gasteiger partial charge in [-0.3, -0.25) is 9.79 Å². The van der Waals surface area contributed by atoms with Crippen molar-refractivity contribution in [3.63, 3.8) is 0 Å². The Kier molecular flexibility index (Phi) is 5.89. The maximum Gasteiger partial charge on any atom is 0.331 e. The molecule has 5 nitrogen and oxygen atoms in total. The Balaban J connectivity index is 2.75. The van der Waals surface area contributed by atoms with Gasteiger partial charge in [0, 0.05) is 12.1 Å². The molecule has 1 rings (SSSR count). The van der Waals surface area contributed by atoms with E-state index < -0.39 is 12.0 Å². The van der Waals surface area contributed by atoms with E-state index in [2.05, 4.69) is 9.73 Å². The number of ether oxygens (including phenoxy) is 1. The number of Topliss-reactive ketones (excluding diaryl/α,β-unsaturated/α-hetero) is 1. The standard InChI is InChI=1S/C14H18N2O3/c1-16(2)10-12(14(18)19-3)15-9-13(17)11-7-5-4-6-8-11/h4-9,12H,10H2,1-3H3. The van der Waals surface area contributed by atoms with Crippen molar-refractivity contribution in [2.24, 2.45) is 4.99 Å². The molecule has 0 N–H and O–H groups in total. The third-order valence-electron chi connectivity index (χ3n) is 2.44. The number of carbonyl (C=O) groups is 2. The maximum atomic E-state index is 11.8. The van der Waals surface area contributed by atoms with Gasteiger partial charge in [-0.25, -0.2) is 4.79 Å². The molecule has 1 atom stereocenters. The van der Waals surface area contributed by atoms with Crippen LogP contribution in [0, 0.1) is 0 Å². The minimum atomic E-state index is -0.687. The Labute approximate surface area is 112 Å². The number of hydrogen-bond donors (Lipinski definition) is 0. The highest BCUT2D eigenvalue weighted by molar-refractivity contribution is 6.35. The van der Waals surface area contributed by atoms with Gasteiger partial charge in [0.1, 0.15) is 0 Å². The van der Waals surface area contributed by atoms with E-state index >= 15 is 0 Å². The summed E-state index contributed by atoms with van der Waals surface area (Å²) in [5.74, 6) is -0.681. The van der Waals surface area contributed by atoms with Crippen molar-refractivity contribution < 1.29 is 14.3 Å². The van der Waals surface area contributed by atoms with Crippen molar-refractivity contribution in [3.8, 4) is 0 Å². The van der Waals surface area contributed by atoms with Gasteiger partial charge in [0.05, 0.1) is 13.3 Å². The fraction of sp³-hybridized carbons (Fsp3) is 0.357. The van der Waals surface area contributed by atoms with Gasteiger partial charge in [0.15, 0.2) is 6.04 Å². The molecule has 1 aromatic carbocycles. The molecule has 102 valence electrons. The van der Waals surface area contributed by atoms with E-state index in [1.54, 1.807) is 24.3 Å². The lowest BCUT2D eigenvalue weighted by molar-refractivity contribution is -0.142. The molecule has 0 saturated heterocycles. The first-order chi connectivity index (χ1) is 9.04. The smallest absolute Gasteiger partial charge is 0.331 e. The molecule has 0 spiro atoms. The Hall–Kier alpha value is -2.01. The van der Waals surface area contributed by atoms with E-state index in [4.69, 9.17) is 0 Å². The van der Waals surface area contributed by atoms with Gasteiger partial charge in [0.2, 0.25) is 5.78 Å². The first-order valence-electron chi connectivity index (χ1n) is 5.89. The largest absolute Gasteiger partial charge is 0.467 e. The van der Waals surface area contributed by atoms with Crippen molar-refractivity contribution >= 4 is 18.0 Å². The number of benzene rings is 1. The summed E-state index contributed by atoms with van der Waals surface area (Å²) in [4.78, 5) is 29.2. The summed E-state index contributed by atoms with van der Waals surface area (Å²) >= 11 is 0. The summed E-state index contributed by atoms with van der Waals surface area (Å²) in [7, 11) is 4.95. The number of rotatable bonds is 6. The second kappa shape index (κ2) is 7.43. The van der Waals surface area contributed by atoms with Crippen LogP contribution in [0.15, 0.2) is 35.3 Å². The summed E-state index contributed by atoms with van der Waals surface area (Å²) in [5.41, 5.74) is 0.541. The van der Waals surface area contributed by atoms with Crippen molar-refractivity contribution in [2.45, 2.75) is 6.04 Å². The number of carbonyl (C=O) groups excluding carboxylic acids is 2. The highest BCUT2D eigenvalue weighted by Crippen LogP contribution is 2.00. The quantitative estimate of drug-likeness (QED) is 0.437. The lowest BCUT2D eigenvalue weighted by Crippen LogP contribution is -2.32. The topological polar surface area (TPSA) is 59.0 Å². The normalized spacial score (nSPS) is 12.6. The Morgan fingerprint density at radius 1 is 1.32 bits per heavy atom. The first kappa shape index (κ1) is 15.0. The minimum absolute atomic E-state index is 0.228. The summed E-state index contributed by atoms with van der Waals surface area (Å²) in [6.07, 6.45) is 1.18. The summed E-state index contributed by atoms with van der Waals surface area (Å²) in [5, 5.41) is 0. The van der Waals surface area contributed by atoms with Crippen molar-refractivity contribution in [1.82, 2.24) is 4.90 Å². The van der Waals surface area contributed by atoms with Gasteiger partial charge >= 0.3 is 5.97 Å². The van der Waals surface area contributed by atoms with Gasteiger partial charge in [-0.1, -0.05) is 30.3 Å². The molecule has 5 heteroatoms. The van der Waals surface area contributed by atoms with Crippen LogP contribution in [0.5, 0.6) is 0 Å². The zero-order valence-corrected chi connectivity index (χ0v) is 11.4. The van der Waals surface area contributed by atoms with Crippen LogP contribution < -0.4 is 0 Å². The van der Waals surface area contributed by atoms with Crippen LogP contribution in [-0.2, 0) is 9.53 Å². The molecular formula is C14H18N2O3. The van der Waals surface area contributed by atoms with Gasteiger partial charge in [-0.05, 0) is 14.1 Å². The molecule has 1 unspecified atom stereocenters. The molecule has 0 aliphatic carbocycles. The number of aliphatic imine (C=N–C) groups is 1. The first-order valence-corrected chi connectivity index (χ1v) is 5.89. The molecule has 0 heterocycles. The zero-order chi connectivity index (χ0) is 14.3. The monoisotopic (exact) mass is 262 g/mol. The Morgan fingerprint density at radius 2 is 1.95 bits per heavy atom. The molecule has 0 amide bonds. The molecule has 0 aliphatic rings.